The van der Waals surface area contributed by atoms with Crippen LogP contribution >= 0.6 is 11.6 Å². The predicted octanol–water partition coefficient (Wildman–Crippen LogP) is 4.03. The van der Waals surface area contributed by atoms with Crippen molar-refractivity contribution in [2.45, 2.75) is 13.8 Å². The Morgan fingerprint density at radius 3 is 2.45 bits per heavy atom. The second kappa shape index (κ2) is 6.03. The van der Waals surface area contributed by atoms with E-state index in [0.717, 1.165) is 0 Å². The van der Waals surface area contributed by atoms with E-state index in [4.69, 9.17) is 11.6 Å². The number of hydrogen-bond acceptors (Lipinski definition) is 5. The summed E-state index contributed by atoms with van der Waals surface area (Å²) in [6.45, 7) is 3.10. The fraction of sp³-hybridized carbons (Fsp3) is 0.133. The molecule has 22 heavy (non-hydrogen) atoms. The molecule has 2 N–H and O–H groups in total. The van der Waals surface area contributed by atoms with Gasteiger partial charge in [-0.05, 0) is 31.5 Å². The van der Waals surface area contributed by atoms with Crippen LogP contribution in [0.2, 0.25) is 5.02 Å². The summed E-state index contributed by atoms with van der Waals surface area (Å²) in [6, 6.07) is 6.36. The Bertz CT molecular complexity index is 788. The normalized spacial score (nSPS) is 11.0. The summed E-state index contributed by atoms with van der Waals surface area (Å²) in [6.07, 6.45) is 1.25. The van der Waals surface area contributed by atoms with Gasteiger partial charge in [-0.15, -0.1) is 0 Å². The number of aromatic hydroxyl groups is 2. The first kappa shape index (κ1) is 15.8. The maximum absolute atomic E-state index is 11.1. The van der Waals surface area contributed by atoms with Crippen LogP contribution in [-0.4, -0.2) is 21.4 Å². The predicted molar refractivity (Wildman–Crippen MR) is 84.6 cm³/mol. The summed E-state index contributed by atoms with van der Waals surface area (Å²) >= 11 is 6.09. The third kappa shape index (κ3) is 2.73. The SMILES string of the molecule is Cc1c(Cl)c(C)c([N+](=O)[O-])c(O)c1C=Nc1ccccc1O. The lowest BCUT2D eigenvalue weighted by molar-refractivity contribution is -0.386. The van der Waals surface area contributed by atoms with Crippen LogP contribution in [0.25, 0.3) is 0 Å². The Morgan fingerprint density at radius 2 is 1.86 bits per heavy atom. The average molecular weight is 321 g/mol. The number of aliphatic imine (C=N–C) groups is 1. The molecule has 0 aliphatic heterocycles. The molecule has 114 valence electrons. The van der Waals surface area contributed by atoms with Crippen LogP contribution in [0.3, 0.4) is 0 Å². The Balaban J connectivity index is 2.61. The van der Waals surface area contributed by atoms with E-state index >= 15 is 0 Å². The second-order valence-electron chi connectivity index (χ2n) is 4.68. The number of benzene rings is 2. The van der Waals surface area contributed by atoms with Gasteiger partial charge in [0, 0.05) is 17.3 Å². The monoisotopic (exact) mass is 320 g/mol. The van der Waals surface area contributed by atoms with Gasteiger partial charge in [-0.2, -0.15) is 0 Å². The highest BCUT2D eigenvalue weighted by Gasteiger charge is 2.25. The van der Waals surface area contributed by atoms with Crippen LogP contribution in [0.4, 0.5) is 11.4 Å². The first-order valence-electron chi connectivity index (χ1n) is 6.32. The molecule has 0 heterocycles. The molecule has 0 unspecified atom stereocenters. The number of para-hydroxylation sites is 2. The highest BCUT2D eigenvalue weighted by Crippen LogP contribution is 2.40. The van der Waals surface area contributed by atoms with Crippen LogP contribution < -0.4 is 0 Å². The molecule has 0 aliphatic carbocycles. The van der Waals surface area contributed by atoms with E-state index in [9.17, 15) is 20.3 Å². The summed E-state index contributed by atoms with van der Waals surface area (Å²) in [7, 11) is 0. The van der Waals surface area contributed by atoms with Crippen molar-refractivity contribution in [2.75, 3.05) is 0 Å². The van der Waals surface area contributed by atoms with E-state index in [1.165, 1.54) is 19.2 Å². The zero-order valence-corrected chi connectivity index (χ0v) is 12.6. The quantitative estimate of drug-likeness (QED) is 0.507. The summed E-state index contributed by atoms with van der Waals surface area (Å²) in [5.41, 5.74) is 0.642. The third-order valence-electron chi connectivity index (χ3n) is 3.29. The smallest absolute Gasteiger partial charge is 0.315 e. The van der Waals surface area contributed by atoms with Crippen molar-refractivity contribution >= 4 is 29.2 Å². The molecule has 0 aliphatic rings. The Morgan fingerprint density at radius 1 is 1.23 bits per heavy atom. The lowest BCUT2D eigenvalue weighted by Gasteiger charge is -2.10. The zero-order chi connectivity index (χ0) is 16.4. The van der Waals surface area contributed by atoms with E-state index in [1.54, 1.807) is 25.1 Å². The Kier molecular flexibility index (Phi) is 4.32. The molecular formula is C15H13ClN2O4. The molecule has 0 saturated carbocycles. The molecule has 0 saturated heterocycles. The summed E-state index contributed by atoms with van der Waals surface area (Å²) in [4.78, 5) is 14.5. The lowest BCUT2D eigenvalue weighted by Crippen LogP contribution is -1.99. The summed E-state index contributed by atoms with van der Waals surface area (Å²) in [5.74, 6) is -0.535. The average Bonchev–Trinajstić information content (AvgIpc) is 2.46. The molecule has 6 nitrogen and oxygen atoms in total. The van der Waals surface area contributed by atoms with Gasteiger partial charge in [0.25, 0.3) is 0 Å². The number of phenols is 2. The van der Waals surface area contributed by atoms with Crippen molar-refractivity contribution in [3.8, 4) is 11.5 Å². The number of phenolic OH excluding ortho intramolecular Hbond substituents is 2. The number of nitro groups is 1. The summed E-state index contributed by atoms with van der Waals surface area (Å²) < 4.78 is 0. The van der Waals surface area contributed by atoms with Gasteiger partial charge in [0.05, 0.1) is 9.95 Å². The maximum atomic E-state index is 11.1. The molecule has 0 fully saturated rings. The molecule has 2 aromatic rings. The topological polar surface area (TPSA) is 96.0 Å². The van der Waals surface area contributed by atoms with Crippen LogP contribution in [0, 0.1) is 24.0 Å². The number of nitro benzene ring substituents is 1. The number of hydrogen-bond donors (Lipinski definition) is 2. The highest BCUT2D eigenvalue weighted by molar-refractivity contribution is 6.33. The molecule has 0 amide bonds. The van der Waals surface area contributed by atoms with Gasteiger partial charge in [0.2, 0.25) is 5.75 Å². The van der Waals surface area contributed by atoms with E-state index in [1.807, 2.05) is 0 Å². The van der Waals surface area contributed by atoms with Crippen LogP contribution in [0.15, 0.2) is 29.3 Å². The first-order valence-corrected chi connectivity index (χ1v) is 6.70. The van der Waals surface area contributed by atoms with E-state index in [-0.39, 0.29) is 27.6 Å². The molecule has 0 atom stereocenters. The van der Waals surface area contributed by atoms with Gasteiger partial charge in [-0.1, -0.05) is 23.7 Å². The van der Waals surface area contributed by atoms with Gasteiger partial charge in [-0.3, -0.25) is 15.1 Å². The number of nitrogens with zero attached hydrogens (tertiary/aromatic N) is 2. The first-order chi connectivity index (χ1) is 10.3. The molecule has 2 rings (SSSR count). The lowest BCUT2D eigenvalue weighted by atomic mass is 10.0. The van der Waals surface area contributed by atoms with Crippen molar-refractivity contribution in [2.24, 2.45) is 4.99 Å². The molecule has 0 aromatic heterocycles. The van der Waals surface area contributed by atoms with Crippen molar-refractivity contribution in [1.29, 1.82) is 0 Å². The second-order valence-corrected chi connectivity index (χ2v) is 5.06. The number of rotatable bonds is 3. The van der Waals surface area contributed by atoms with E-state index < -0.39 is 16.4 Å². The van der Waals surface area contributed by atoms with Gasteiger partial charge in [0.1, 0.15) is 11.4 Å². The fourth-order valence-corrected chi connectivity index (χ4v) is 2.27. The van der Waals surface area contributed by atoms with Gasteiger partial charge >= 0.3 is 5.69 Å². The molecule has 2 aromatic carbocycles. The van der Waals surface area contributed by atoms with E-state index in [2.05, 4.69) is 4.99 Å². The van der Waals surface area contributed by atoms with Crippen molar-refractivity contribution < 1.29 is 15.1 Å². The Hall–Kier alpha value is -2.60. The zero-order valence-electron chi connectivity index (χ0n) is 11.9. The molecule has 0 spiro atoms. The van der Waals surface area contributed by atoms with Gasteiger partial charge < -0.3 is 10.2 Å². The van der Waals surface area contributed by atoms with Gasteiger partial charge in [0.15, 0.2) is 0 Å². The largest absolute Gasteiger partial charge is 0.506 e. The highest BCUT2D eigenvalue weighted by atomic mass is 35.5. The fourth-order valence-electron chi connectivity index (χ4n) is 2.07. The van der Waals surface area contributed by atoms with E-state index in [0.29, 0.717) is 5.56 Å². The molecule has 0 radical (unpaired) electrons. The third-order valence-corrected chi connectivity index (χ3v) is 3.86. The molecule has 7 heteroatoms. The minimum Gasteiger partial charge on any atom is -0.506 e. The minimum atomic E-state index is -0.687. The van der Waals surface area contributed by atoms with Crippen molar-refractivity contribution in [3.05, 3.63) is 56.1 Å². The maximum Gasteiger partial charge on any atom is 0.315 e. The molecule has 0 bridgehead atoms. The van der Waals surface area contributed by atoms with Crippen LogP contribution in [0.1, 0.15) is 16.7 Å². The summed E-state index contributed by atoms with van der Waals surface area (Å²) in [5, 5.41) is 31.1. The standard InChI is InChI=1S/C15H13ClN2O4/c1-8-10(7-17-11-5-3-4-6-12(11)19)15(20)14(18(21)22)9(2)13(8)16/h3-7,19-20H,1-2H3. The molecular weight excluding hydrogens is 308 g/mol. The Labute approximate surface area is 131 Å². The van der Waals surface area contributed by atoms with Gasteiger partial charge in [-0.25, -0.2) is 0 Å². The number of halogens is 1. The van der Waals surface area contributed by atoms with Crippen LogP contribution in [0.5, 0.6) is 11.5 Å². The minimum absolute atomic E-state index is 0.0383. The van der Waals surface area contributed by atoms with Crippen molar-refractivity contribution in [3.63, 3.8) is 0 Å². The van der Waals surface area contributed by atoms with Crippen molar-refractivity contribution in [1.82, 2.24) is 0 Å². The van der Waals surface area contributed by atoms with Crippen LogP contribution in [-0.2, 0) is 0 Å².